The number of nitrogens with one attached hydrogen (secondary N) is 1. The predicted octanol–water partition coefficient (Wildman–Crippen LogP) is 1.47. The Kier molecular flexibility index (Phi) is 6.67. The van der Waals surface area contributed by atoms with Gasteiger partial charge in [0, 0.05) is 31.3 Å². The van der Waals surface area contributed by atoms with Crippen molar-refractivity contribution in [2.75, 3.05) is 33.4 Å². The van der Waals surface area contributed by atoms with Gasteiger partial charge in [0.25, 0.3) is 5.91 Å². The van der Waals surface area contributed by atoms with E-state index >= 15 is 0 Å². The van der Waals surface area contributed by atoms with E-state index in [1.165, 1.54) is 7.11 Å². The lowest BCUT2D eigenvalue weighted by Crippen LogP contribution is -2.48. The minimum absolute atomic E-state index is 0.0108. The van der Waals surface area contributed by atoms with Gasteiger partial charge in [-0.15, -0.1) is 0 Å². The Morgan fingerprint density at radius 2 is 1.87 bits per heavy atom. The number of benzene rings is 1. The molecule has 1 saturated heterocycles. The van der Waals surface area contributed by atoms with Crippen molar-refractivity contribution in [1.29, 1.82) is 0 Å². The Morgan fingerprint density at radius 1 is 1.22 bits per heavy atom. The van der Waals surface area contributed by atoms with Gasteiger partial charge < -0.3 is 19.7 Å². The molecular formula is C16H21ClN2O4. The van der Waals surface area contributed by atoms with E-state index in [0.29, 0.717) is 23.9 Å². The minimum atomic E-state index is -0.165. The van der Waals surface area contributed by atoms with Gasteiger partial charge in [-0.2, -0.15) is 0 Å². The van der Waals surface area contributed by atoms with Crippen molar-refractivity contribution >= 4 is 23.4 Å². The smallest absolute Gasteiger partial charge is 0.258 e. The second-order valence-electron chi connectivity index (χ2n) is 5.40. The van der Waals surface area contributed by atoms with Crippen LogP contribution in [0.25, 0.3) is 0 Å². The van der Waals surface area contributed by atoms with E-state index in [4.69, 9.17) is 21.1 Å². The summed E-state index contributed by atoms with van der Waals surface area (Å²) in [6, 6.07) is 6.93. The lowest BCUT2D eigenvalue weighted by molar-refractivity contribution is -0.136. The second kappa shape index (κ2) is 8.74. The Labute approximate surface area is 140 Å². The van der Waals surface area contributed by atoms with Crippen molar-refractivity contribution in [2.45, 2.75) is 18.9 Å². The number of nitrogens with zero attached hydrogens (tertiary/aromatic N) is 1. The molecule has 0 saturated carbocycles. The highest BCUT2D eigenvalue weighted by Gasteiger charge is 2.23. The maximum Gasteiger partial charge on any atom is 0.258 e. The van der Waals surface area contributed by atoms with E-state index < -0.39 is 0 Å². The molecule has 1 N–H and O–H groups in total. The first kappa shape index (κ1) is 17.6. The van der Waals surface area contributed by atoms with Crippen molar-refractivity contribution < 1.29 is 19.1 Å². The SMILES string of the molecule is COCC(=O)N1CCC(NC(=O)COc2ccc(Cl)cc2)CC1. The van der Waals surface area contributed by atoms with Crippen molar-refractivity contribution in [3.8, 4) is 5.75 Å². The third-order valence-corrected chi connectivity index (χ3v) is 3.92. The molecule has 0 unspecified atom stereocenters. The fraction of sp³-hybridized carbons (Fsp3) is 0.500. The van der Waals surface area contributed by atoms with Crippen LogP contribution in [0.1, 0.15) is 12.8 Å². The Morgan fingerprint density at radius 3 is 2.48 bits per heavy atom. The van der Waals surface area contributed by atoms with Gasteiger partial charge >= 0.3 is 0 Å². The molecule has 23 heavy (non-hydrogen) atoms. The molecule has 2 amide bonds. The van der Waals surface area contributed by atoms with Gasteiger partial charge in [-0.3, -0.25) is 9.59 Å². The van der Waals surface area contributed by atoms with E-state index in [1.807, 2.05) is 0 Å². The fourth-order valence-corrected chi connectivity index (χ4v) is 2.56. The molecule has 1 fully saturated rings. The molecule has 6 nitrogen and oxygen atoms in total. The zero-order valence-corrected chi connectivity index (χ0v) is 13.8. The number of amides is 2. The summed E-state index contributed by atoms with van der Waals surface area (Å²) >= 11 is 5.79. The first-order valence-corrected chi connectivity index (χ1v) is 7.90. The van der Waals surface area contributed by atoms with Crippen LogP contribution in [0.2, 0.25) is 5.02 Å². The zero-order chi connectivity index (χ0) is 16.7. The maximum absolute atomic E-state index is 11.9. The molecular weight excluding hydrogens is 320 g/mol. The van der Waals surface area contributed by atoms with Gasteiger partial charge in [-0.05, 0) is 37.1 Å². The molecule has 1 aromatic rings. The highest BCUT2D eigenvalue weighted by atomic mass is 35.5. The summed E-state index contributed by atoms with van der Waals surface area (Å²) in [4.78, 5) is 25.4. The van der Waals surface area contributed by atoms with Crippen LogP contribution in [-0.4, -0.2) is 56.2 Å². The van der Waals surface area contributed by atoms with Crippen LogP contribution in [0.15, 0.2) is 24.3 Å². The summed E-state index contributed by atoms with van der Waals surface area (Å²) in [7, 11) is 1.51. The third kappa shape index (κ3) is 5.73. The van der Waals surface area contributed by atoms with Crippen LogP contribution >= 0.6 is 11.6 Å². The number of hydrogen-bond donors (Lipinski definition) is 1. The summed E-state index contributed by atoms with van der Waals surface area (Å²) < 4.78 is 10.2. The lowest BCUT2D eigenvalue weighted by Gasteiger charge is -2.32. The Hall–Kier alpha value is -1.79. The zero-order valence-electron chi connectivity index (χ0n) is 13.1. The van der Waals surface area contributed by atoms with Gasteiger partial charge in [0.05, 0.1) is 0 Å². The molecule has 126 valence electrons. The average Bonchev–Trinajstić information content (AvgIpc) is 2.55. The first-order chi connectivity index (χ1) is 11.1. The molecule has 0 atom stereocenters. The normalized spacial score (nSPS) is 15.3. The molecule has 2 rings (SSSR count). The molecule has 1 aromatic carbocycles. The van der Waals surface area contributed by atoms with E-state index in [1.54, 1.807) is 29.2 Å². The largest absolute Gasteiger partial charge is 0.484 e. The molecule has 0 aliphatic carbocycles. The van der Waals surface area contributed by atoms with Crippen molar-refractivity contribution in [3.63, 3.8) is 0 Å². The summed E-state index contributed by atoms with van der Waals surface area (Å²) in [5.41, 5.74) is 0. The number of hydrogen-bond acceptors (Lipinski definition) is 4. The van der Waals surface area contributed by atoms with Gasteiger partial charge in [0.2, 0.25) is 5.91 Å². The number of ether oxygens (including phenoxy) is 2. The molecule has 0 spiro atoms. The van der Waals surface area contributed by atoms with E-state index in [2.05, 4.69) is 5.32 Å². The molecule has 1 heterocycles. The minimum Gasteiger partial charge on any atom is -0.484 e. The van der Waals surface area contributed by atoms with Crippen molar-refractivity contribution in [2.24, 2.45) is 0 Å². The highest BCUT2D eigenvalue weighted by Crippen LogP contribution is 2.15. The fourth-order valence-electron chi connectivity index (χ4n) is 2.44. The molecule has 0 bridgehead atoms. The van der Waals surface area contributed by atoms with Gasteiger partial charge in [0.15, 0.2) is 6.61 Å². The lowest BCUT2D eigenvalue weighted by atomic mass is 10.1. The Bertz CT molecular complexity index is 527. The van der Waals surface area contributed by atoms with Crippen LogP contribution < -0.4 is 10.1 Å². The van der Waals surface area contributed by atoms with Gasteiger partial charge in [0.1, 0.15) is 12.4 Å². The number of halogens is 1. The molecule has 0 aromatic heterocycles. The molecule has 1 aliphatic rings. The summed E-state index contributed by atoms with van der Waals surface area (Å²) in [6.45, 7) is 1.33. The van der Waals surface area contributed by atoms with Crippen molar-refractivity contribution in [1.82, 2.24) is 10.2 Å². The average molecular weight is 341 g/mol. The van der Waals surface area contributed by atoms with Crippen LogP contribution in [0.4, 0.5) is 0 Å². The summed E-state index contributed by atoms with van der Waals surface area (Å²) in [5.74, 6) is 0.425. The summed E-state index contributed by atoms with van der Waals surface area (Å²) in [6.07, 6.45) is 1.48. The molecule has 7 heteroatoms. The van der Waals surface area contributed by atoms with E-state index in [9.17, 15) is 9.59 Å². The predicted molar refractivity (Wildman–Crippen MR) is 86.6 cm³/mol. The van der Waals surface area contributed by atoms with Crippen LogP contribution in [-0.2, 0) is 14.3 Å². The van der Waals surface area contributed by atoms with Gasteiger partial charge in [-0.1, -0.05) is 11.6 Å². The van der Waals surface area contributed by atoms with E-state index in [0.717, 1.165) is 12.8 Å². The number of carbonyl (C=O) groups is 2. The number of carbonyl (C=O) groups excluding carboxylic acids is 2. The quantitative estimate of drug-likeness (QED) is 0.851. The standard InChI is InChI=1S/C16H21ClN2O4/c1-22-11-16(21)19-8-6-13(7-9-19)18-15(20)10-23-14-4-2-12(17)3-5-14/h2-5,13H,6-11H2,1H3,(H,18,20). The molecule has 1 aliphatic heterocycles. The van der Waals surface area contributed by atoms with E-state index in [-0.39, 0.29) is 31.1 Å². The second-order valence-corrected chi connectivity index (χ2v) is 5.83. The van der Waals surface area contributed by atoms with Crippen molar-refractivity contribution in [3.05, 3.63) is 29.3 Å². The topological polar surface area (TPSA) is 67.9 Å². The van der Waals surface area contributed by atoms with Gasteiger partial charge in [-0.25, -0.2) is 0 Å². The monoisotopic (exact) mass is 340 g/mol. The highest BCUT2D eigenvalue weighted by molar-refractivity contribution is 6.30. The maximum atomic E-state index is 11.9. The summed E-state index contributed by atoms with van der Waals surface area (Å²) in [5, 5.41) is 3.55. The number of rotatable bonds is 6. The third-order valence-electron chi connectivity index (χ3n) is 3.66. The van der Waals surface area contributed by atoms with Crippen LogP contribution in [0.5, 0.6) is 5.75 Å². The molecule has 0 radical (unpaired) electrons. The first-order valence-electron chi connectivity index (χ1n) is 7.53. The number of methoxy groups -OCH3 is 1. The Balaban J connectivity index is 1.68. The van der Waals surface area contributed by atoms with Crippen LogP contribution in [0.3, 0.4) is 0 Å². The number of piperidine rings is 1. The number of likely N-dealkylation sites (tertiary alicyclic amines) is 1. The van der Waals surface area contributed by atoms with Crippen LogP contribution in [0, 0.1) is 0 Å².